The number of pyridine rings is 1. The molecule has 3 atom stereocenters. The fourth-order valence-corrected chi connectivity index (χ4v) is 5.53. The van der Waals surface area contributed by atoms with Crippen molar-refractivity contribution in [2.75, 3.05) is 26.7 Å². The topological polar surface area (TPSA) is 100 Å². The fraction of sp³-hybridized carbons (Fsp3) is 0.357. The molecule has 0 aliphatic carbocycles. The van der Waals surface area contributed by atoms with Gasteiger partial charge in [-0.15, -0.1) is 0 Å². The van der Waals surface area contributed by atoms with Gasteiger partial charge in [0.25, 0.3) is 5.91 Å². The highest BCUT2D eigenvalue weighted by molar-refractivity contribution is 7.89. The summed E-state index contributed by atoms with van der Waals surface area (Å²) in [6.45, 7) is 5.74. The number of hydrogen-bond donors (Lipinski definition) is 1. The minimum Gasteiger partial charge on any atom is -0.472 e. The van der Waals surface area contributed by atoms with Crippen LogP contribution in [0.25, 0.3) is 11.1 Å². The van der Waals surface area contributed by atoms with Gasteiger partial charge < -0.3 is 14.7 Å². The number of aryl methyl sites for hydroxylation is 1. The molecule has 1 N–H and O–H groups in total. The predicted molar refractivity (Wildman–Crippen MR) is 142 cm³/mol. The van der Waals surface area contributed by atoms with Crippen molar-refractivity contribution in [1.29, 1.82) is 0 Å². The van der Waals surface area contributed by atoms with Crippen LogP contribution >= 0.6 is 0 Å². The zero-order valence-corrected chi connectivity index (χ0v) is 22.4. The molecule has 1 aromatic heterocycles. The lowest BCUT2D eigenvalue weighted by molar-refractivity contribution is 0.0373. The summed E-state index contributed by atoms with van der Waals surface area (Å²) >= 11 is 0. The number of sulfonamides is 1. The molecule has 2 heterocycles. The van der Waals surface area contributed by atoms with Crippen molar-refractivity contribution in [3.8, 4) is 17.0 Å². The highest BCUT2D eigenvalue weighted by Gasteiger charge is 2.36. The molecule has 1 aliphatic rings. The summed E-state index contributed by atoms with van der Waals surface area (Å²) in [7, 11) is -2.23. The van der Waals surface area contributed by atoms with Gasteiger partial charge in [0.05, 0.1) is 24.1 Å². The number of likely N-dealkylation sites (N-methyl/N-ethyl adjacent to an activating group) is 1. The van der Waals surface area contributed by atoms with Crippen molar-refractivity contribution in [1.82, 2.24) is 14.2 Å². The van der Waals surface area contributed by atoms with Crippen LogP contribution in [0, 0.1) is 12.8 Å². The number of hydrogen-bond acceptors (Lipinski definition) is 6. The van der Waals surface area contributed by atoms with Gasteiger partial charge in [-0.3, -0.25) is 4.79 Å². The van der Waals surface area contributed by atoms with E-state index in [-0.39, 0.29) is 41.3 Å². The van der Waals surface area contributed by atoms with Crippen LogP contribution in [0.5, 0.6) is 5.88 Å². The molecule has 1 aliphatic heterocycles. The summed E-state index contributed by atoms with van der Waals surface area (Å²) < 4.78 is 34.0. The average Bonchev–Trinajstić information content (AvgIpc) is 2.90. The number of rotatable bonds is 7. The van der Waals surface area contributed by atoms with Crippen LogP contribution < -0.4 is 4.74 Å². The smallest absolute Gasteiger partial charge is 0.259 e. The van der Waals surface area contributed by atoms with E-state index in [0.717, 1.165) is 16.7 Å². The molecule has 0 saturated carbocycles. The molecule has 2 aromatic carbocycles. The van der Waals surface area contributed by atoms with E-state index in [0.29, 0.717) is 6.54 Å². The van der Waals surface area contributed by atoms with E-state index in [4.69, 9.17) is 4.74 Å². The van der Waals surface area contributed by atoms with Crippen LogP contribution in [-0.2, 0) is 10.0 Å². The van der Waals surface area contributed by atoms with Crippen LogP contribution in [0.15, 0.2) is 71.8 Å². The number of carbonyl (C=O) groups excluding carboxylic acids is 1. The van der Waals surface area contributed by atoms with E-state index in [1.807, 2.05) is 44.2 Å². The monoisotopic (exact) mass is 523 g/mol. The van der Waals surface area contributed by atoms with E-state index < -0.39 is 22.2 Å². The van der Waals surface area contributed by atoms with Crippen molar-refractivity contribution < 1.29 is 23.1 Å². The molecule has 0 saturated heterocycles. The molecular weight excluding hydrogens is 490 g/mol. The molecule has 0 bridgehead atoms. The Bertz CT molecular complexity index is 1350. The molecule has 0 unspecified atom stereocenters. The number of carbonyl (C=O) groups is 1. The summed E-state index contributed by atoms with van der Waals surface area (Å²) in [6, 6.07) is 17.6. The average molecular weight is 524 g/mol. The van der Waals surface area contributed by atoms with Crippen LogP contribution in [0.1, 0.15) is 29.8 Å². The molecule has 3 aromatic rings. The molecule has 8 nitrogen and oxygen atoms in total. The van der Waals surface area contributed by atoms with Crippen molar-refractivity contribution in [2.45, 2.75) is 37.8 Å². The second-order valence-electron chi connectivity index (χ2n) is 9.66. The van der Waals surface area contributed by atoms with Crippen molar-refractivity contribution in [3.63, 3.8) is 0 Å². The lowest BCUT2D eigenvalue weighted by Gasteiger charge is -2.37. The van der Waals surface area contributed by atoms with E-state index in [9.17, 15) is 18.3 Å². The van der Waals surface area contributed by atoms with Gasteiger partial charge in [-0.25, -0.2) is 13.4 Å². The molecule has 0 radical (unpaired) electrons. The number of benzene rings is 2. The van der Waals surface area contributed by atoms with E-state index >= 15 is 0 Å². The van der Waals surface area contributed by atoms with Gasteiger partial charge in [-0.1, -0.05) is 55.0 Å². The molecule has 0 spiro atoms. The predicted octanol–water partition coefficient (Wildman–Crippen LogP) is 3.60. The number of aliphatic hydroxyl groups excluding tert-OH is 1. The SMILES string of the molecule is Cc1ccc(S(=O)(=O)N(C)C[C@@H]2Oc3ncc(-c4ccccc4)cc3C(=O)N([C@H](C)CO)C[C@H]2C)cc1. The van der Waals surface area contributed by atoms with Gasteiger partial charge in [-0.2, -0.15) is 4.31 Å². The molecule has 196 valence electrons. The Morgan fingerprint density at radius 2 is 1.81 bits per heavy atom. The van der Waals surface area contributed by atoms with Gasteiger partial charge in [0.1, 0.15) is 11.7 Å². The molecule has 9 heteroatoms. The lowest BCUT2D eigenvalue weighted by Crippen LogP contribution is -2.50. The number of amides is 1. The first-order valence-corrected chi connectivity index (χ1v) is 13.7. The zero-order valence-electron chi connectivity index (χ0n) is 21.5. The summed E-state index contributed by atoms with van der Waals surface area (Å²) in [4.78, 5) is 19.9. The number of fused-ring (bicyclic) bond motifs is 1. The second-order valence-corrected chi connectivity index (χ2v) is 11.7. The van der Waals surface area contributed by atoms with Gasteiger partial charge in [0.2, 0.25) is 15.9 Å². The van der Waals surface area contributed by atoms with Crippen LogP contribution in [0.3, 0.4) is 0 Å². The van der Waals surface area contributed by atoms with Crippen LogP contribution in [-0.4, -0.2) is 72.5 Å². The molecule has 1 amide bonds. The highest BCUT2D eigenvalue weighted by atomic mass is 32.2. The Morgan fingerprint density at radius 3 is 2.46 bits per heavy atom. The fourth-order valence-electron chi connectivity index (χ4n) is 4.35. The van der Waals surface area contributed by atoms with Crippen molar-refractivity contribution in [2.24, 2.45) is 5.92 Å². The summed E-state index contributed by atoms with van der Waals surface area (Å²) in [6.07, 6.45) is 1.07. The minimum absolute atomic E-state index is 0.0640. The second kappa shape index (κ2) is 11.0. The Kier molecular flexibility index (Phi) is 7.96. The van der Waals surface area contributed by atoms with Crippen LogP contribution in [0.4, 0.5) is 0 Å². The van der Waals surface area contributed by atoms with E-state index in [1.165, 1.54) is 11.4 Å². The Hall–Kier alpha value is -3.27. The maximum absolute atomic E-state index is 13.6. The Balaban J connectivity index is 1.70. The lowest BCUT2D eigenvalue weighted by atomic mass is 9.99. The number of aliphatic hydroxyl groups is 1. The third kappa shape index (κ3) is 5.69. The molecule has 4 rings (SSSR count). The molecule has 37 heavy (non-hydrogen) atoms. The number of nitrogens with zero attached hydrogens (tertiary/aromatic N) is 3. The van der Waals surface area contributed by atoms with Gasteiger partial charge in [0.15, 0.2) is 0 Å². The third-order valence-electron chi connectivity index (χ3n) is 6.79. The first-order chi connectivity index (χ1) is 17.6. The van der Waals surface area contributed by atoms with Gasteiger partial charge in [-0.05, 0) is 37.6 Å². The molecular formula is C28H33N3O5S. The first-order valence-electron chi connectivity index (χ1n) is 12.3. The summed E-state index contributed by atoms with van der Waals surface area (Å²) in [5.74, 6) is -0.373. The number of aromatic nitrogens is 1. The normalized spacial score (nSPS) is 19.1. The van der Waals surface area contributed by atoms with Gasteiger partial charge in [0, 0.05) is 31.3 Å². The summed E-state index contributed by atoms with van der Waals surface area (Å²) in [5, 5.41) is 9.87. The number of ether oxygens (including phenoxy) is 1. The zero-order chi connectivity index (χ0) is 26.7. The van der Waals surface area contributed by atoms with Crippen LogP contribution in [0.2, 0.25) is 0 Å². The highest BCUT2D eigenvalue weighted by Crippen LogP contribution is 2.30. The largest absolute Gasteiger partial charge is 0.472 e. The Morgan fingerprint density at radius 1 is 1.14 bits per heavy atom. The quantitative estimate of drug-likeness (QED) is 0.508. The van der Waals surface area contributed by atoms with Gasteiger partial charge >= 0.3 is 0 Å². The van der Waals surface area contributed by atoms with Crippen molar-refractivity contribution >= 4 is 15.9 Å². The minimum atomic E-state index is -3.75. The first kappa shape index (κ1) is 26.8. The van der Waals surface area contributed by atoms with E-state index in [1.54, 1.807) is 48.4 Å². The molecule has 0 fully saturated rings. The standard InChI is InChI=1S/C28H33N3O5S/c1-19-10-12-24(13-11-19)37(34,35)30(4)17-26-20(2)16-31(21(3)18-32)28(33)25-14-23(15-29-27(25)36-26)22-8-6-5-7-9-22/h5-15,20-21,26,32H,16-18H2,1-4H3/t20-,21-,26+/m1/s1. The maximum Gasteiger partial charge on any atom is 0.259 e. The maximum atomic E-state index is 13.6. The Labute approximate surface area is 218 Å². The summed E-state index contributed by atoms with van der Waals surface area (Å²) in [5.41, 5.74) is 2.92. The van der Waals surface area contributed by atoms with E-state index in [2.05, 4.69) is 4.98 Å². The van der Waals surface area contributed by atoms with Crippen molar-refractivity contribution in [3.05, 3.63) is 78.0 Å². The third-order valence-corrected chi connectivity index (χ3v) is 8.63.